The van der Waals surface area contributed by atoms with E-state index in [2.05, 4.69) is 19.9 Å². The first-order chi connectivity index (χ1) is 6.56. The maximum absolute atomic E-state index is 10.3. The van der Waals surface area contributed by atoms with Gasteiger partial charge in [0.25, 0.3) is 0 Å². The van der Waals surface area contributed by atoms with E-state index in [9.17, 15) is 4.79 Å². The van der Waals surface area contributed by atoms with Gasteiger partial charge in [-0.05, 0) is 33.1 Å². The monoisotopic (exact) mass is 196 g/mol. The van der Waals surface area contributed by atoms with Crippen LogP contribution >= 0.6 is 0 Å². The third-order valence-electron chi connectivity index (χ3n) is 2.05. The van der Waals surface area contributed by atoms with Gasteiger partial charge in [0.15, 0.2) is 0 Å². The van der Waals surface area contributed by atoms with E-state index in [0.29, 0.717) is 0 Å². The van der Waals surface area contributed by atoms with Crippen LogP contribution in [0.1, 0.15) is 46.5 Å². The minimum atomic E-state index is -0.850. The van der Waals surface area contributed by atoms with E-state index in [1.165, 1.54) is 18.1 Å². The maximum Gasteiger partial charge on any atom is 0.328 e. The number of allylic oxidation sites excluding steroid dienone is 3. The van der Waals surface area contributed by atoms with Crippen LogP contribution in [0.4, 0.5) is 0 Å². The summed E-state index contributed by atoms with van der Waals surface area (Å²) in [7, 11) is 0. The maximum atomic E-state index is 10.3. The highest BCUT2D eigenvalue weighted by atomic mass is 16.4. The van der Waals surface area contributed by atoms with Gasteiger partial charge in [-0.2, -0.15) is 0 Å². The van der Waals surface area contributed by atoms with Gasteiger partial charge in [-0.1, -0.05) is 30.6 Å². The van der Waals surface area contributed by atoms with Crippen LogP contribution in [-0.2, 0) is 4.79 Å². The van der Waals surface area contributed by atoms with E-state index < -0.39 is 5.97 Å². The van der Waals surface area contributed by atoms with Crippen molar-refractivity contribution >= 4 is 5.97 Å². The first-order valence-electron chi connectivity index (χ1n) is 5.12. The van der Waals surface area contributed by atoms with Crippen molar-refractivity contribution in [1.29, 1.82) is 0 Å². The lowest BCUT2D eigenvalue weighted by Gasteiger charge is -1.99. The molecule has 2 nitrogen and oxygen atoms in total. The predicted octanol–water partition coefficient (Wildman–Crippen LogP) is 3.54. The smallest absolute Gasteiger partial charge is 0.328 e. The molecule has 0 aromatic heterocycles. The molecule has 0 aliphatic heterocycles. The van der Waals surface area contributed by atoms with Gasteiger partial charge in [0.05, 0.1) is 0 Å². The van der Waals surface area contributed by atoms with Crippen LogP contribution in [0.25, 0.3) is 0 Å². The highest BCUT2D eigenvalue weighted by Gasteiger charge is 1.93. The summed E-state index contributed by atoms with van der Waals surface area (Å²) >= 11 is 0. The molecule has 14 heavy (non-hydrogen) atoms. The number of aliphatic carboxylic acids is 1. The number of carboxylic acids is 1. The van der Waals surface area contributed by atoms with Crippen LogP contribution < -0.4 is 0 Å². The molecule has 80 valence electrons. The van der Waals surface area contributed by atoms with E-state index in [1.807, 2.05) is 6.92 Å². The number of hydrogen-bond donors (Lipinski definition) is 1. The quantitative estimate of drug-likeness (QED) is 0.521. The van der Waals surface area contributed by atoms with Gasteiger partial charge in [-0.25, -0.2) is 4.79 Å². The Morgan fingerprint density at radius 2 is 1.86 bits per heavy atom. The molecule has 0 saturated heterocycles. The first kappa shape index (κ1) is 12.9. The molecule has 0 atom stereocenters. The molecule has 0 radical (unpaired) electrons. The molecule has 0 rings (SSSR count). The van der Waals surface area contributed by atoms with Crippen LogP contribution in [0, 0.1) is 0 Å². The Balaban J connectivity index is 3.84. The summed E-state index contributed by atoms with van der Waals surface area (Å²) in [6.45, 7) is 6.14. The van der Waals surface area contributed by atoms with Gasteiger partial charge >= 0.3 is 5.97 Å². The molecule has 0 unspecified atom stereocenters. The molecular formula is C12H20O2. The molecule has 1 N–H and O–H groups in total. The molecular weight excluding hydrogens is 176 g/mol. The summed E-state index contributed by atoms with van der Waals surface area (Å²) in [4.78, 5) is 10.3. The Labute approximate surface area is 86.3 Å². The van der Waals surface area contributed by atoms with E-state index in [4.69, 9.17) is 5.11 Å². The summed E-state index contributed by atoms with van der Waals surface area (Å²) < 4.78 is 0. The second-order valence-electron chi connectivity index (χ2n) is 3.67. The minimum absolute atomic E-state index is 0.841. The number of rotatable bonds is 6. The van der Waals surface area contributed by atoms with Crippen LogP contribution in [0.15, 0.2) is 23.3 Å². The van der Waals surface area contributed by atoms with Crippen molar-refractivity contribution in [3.05, 3.63) is 23.3 Å². The fraction of sp³-hybridized carbons (Fsp3) is 0.583. The Morgan fingerprint density at radius 3 is 2.36 bits per heavy atom. The highest BCUT2D eigenvalue weighted by molar-refractivity contribution is 5.80. The van der Waals surface area contributed by atoms with Gasteiger partial charge < -0.3 is 5.11 Å². The van der Waals surface area contributed by atoms with Crippen molar-refractivity contribution in [3.63, 3.8) is 0 Å². The van der Waals surface area contributed by atoms with E-state index in [1.54, 1.807) is 0 Å². The highest BCUT2D eigenvalue weighted by Crippen LogP contribution is 2.09. The summed E-state index contributed by atoms with van der Waals surface area (Å²) in [5.74, 6) is -0.850. The Bertz CT molecular complexity index is 237. The Hall–Kier alpha value is -1.05. The van der Waals surface area contributed by atoms with Gasteiger partial charge in [0.2, 0.25) is 0 Å². The SMILES string of the molecule is CCCC(C)=CCC/C(C)=C\C(=O)O. The van der Waals surface area contributed by atoms with Crippen molar-refractivity contribution in [2.45, 2.75) is 46.5 Å². The first-order valence-corrected chi connectivity index (χ1v) is 5.12. The largest absolute Gasteiger partial charge is 0.478 e. The Kier molecular flexibility index (Phi) is 6.81. The molecule has 0 amide bonds. The zero-order valence-corrected chi connectivity index (χ0v) is 9.34. The summed E-state index contributed by atoms with van der Waals surface area (Å²) in [6.07, 6.45) is 7.58. The predicted molar refractivity (Wildman–Crippen MR) is 59.3 cm³/mol. The van der Waals surface area contributed by atoms with E-state index >= 15 is 0 Å². The van der Waals surface area contributed by atoms with Gasteiger partial charge in [0, 0.05) is 6.08 Å². The molecule has 0 heterocycles. The minimum Gasteiger partial charge on any atom is -0.478 e. The van der Waals surface area contributed by atoms with Gasteiger partial charge in [0.1, 0.15) is 0 Å². The van der Waals surface area contributed by atoms with Gasteiger partial charge in [-0.3, -0.25) is 0 Å². The molecule has 0 aliphatic carbocycles. The normalized spacial score (nSPS) is 13.1. The van der Waals surface area contributed by atoms with E-state index in [0.717, 1.165) is 24.8 Å². The summed E-state index contributed by atoms with van der Waals surface area (Å²) in [6, 6.07) is 0. The molecule has 0 aromatic carbocycles. The summed E-state index contributed by atoms with van der Waals surface area (Å²) in [5.41, 5.74) is 2.33. The molecule has 0 spiro atoms. The topological polar surface area (TPSA) is 37.3 Å². The van der Waals surface area contributed by atoms with Crippen LogP contribution in [0.5, 0.6) is 0 Å². The Morgan fingerprint density at radius 1 is 1.21 bits per heavy atom. The van der Waals surface area contributed by atoms with Crippen molar-refractivity contribution < 1.29 is 9.90 Å². The van der Waals surface area contributed by atoms with Crippen LogP contribution in [-0.4, -0.2) is 11.1 Å². The van der Waals surface area contributed by atoms with Crippen molar-refractivity contribution in [1.82, 2.24) is 0 Å². The van der Waals surface area contributed by atoms with Crippen LogP contribution in [0.3, 0.4) is 0 Å². The average molecular weight is 196 g/mol. The average Bonchev–Trinajstić information content (AvgIpc) is 2.02. The lowest BCUT2D eigenvalue weighted by Crippen LogP contribution is -1.89. The summed E-state index contributed by atoms with van der Waals surface area (Å²) in [5, 5.41) is 8.48. The van der Waals surface area contributed by atoms with Crippen molar-refractivity contribution in [2.24, 2.45) is 0 Å². The number of hydrogen-bond acceptors (Lipinski definition) is 1. The second kappa shape index (κ2) is 7.36. The lowest BCUT2D eigenvalue weighted by atomic mass is 10.1. The number of carbonyl (C=O) groups is 1. The molecule has 2 heteroatoms. The zero-order chi connectivity index (χ0) is 11.0. The molecule has 0 aromatic rings. The zero-order valence-electron chi connectivity index (χ0n) is 9.34. The molecule has 0 bridgehead atoms. The van der Waals surface area contributed by atoms with Crippen molar-refractivity contribution in [3.8, 4) is 0 Å². The molecule has 0 aliphatic rings. The van der Waals surface area contributed by atoms with E-state index in [-0.39, 0.29) is 0 Å². The third-order valence-corrected chi connectivity index (χ3v) is 2.05. The van der Waals surface area contributed by atoms with Crippen molar-refractivity contribution in [2.75, 3.05) is 0 Å². The standard InChI is InChI=1S/C12H20O2/c1-4-6-10(2)7-5-8-11(3)9-12(13)14/h7,9H,4-6,8H2,1-3H3,(H,13,14)/b10-7?,11-9-. The lowest BCUT2D eigenvalue weighted by molar-refractivity contribution is -0.131. The van der Waals surface area contributed by atoms with Gasteiger partial charge in [-0.15, -0.1) is 0 Å². The fourth-order valence-corrected chi connectivity index (χ4v) is 1.33. The molecule has 0 saturated carbocycles. The number of carboxylic acid groups (broad SMARTS) is 1. The third kappa shape index (κ3) is 7.59. The molecule has 0 fully saturated rings. The van der Waals surface area contributed by atoms with Crippen LogP contribution in [0.2, 0.25) is 0 Å². The second-order valence-corrected chi connectivity index (χ2v) is 3.67. The fourth-order valence-electron chi connectivity index (χ4n) is 1.33.